The number of hydrogen-bond acceptors (Lipinski definition) is 2. The van der Waals surface area contributed by atoms with Gasteiger partial charge in [-0.2, -0.15) is 0 Å². The molecule has 1 atom stereocenters. The molecule has 0 aliphatic carbocycles. The number of hydrogen-bond donors (Lipinski definition) is 0. The Morgan fingerprint density at radius 2 is 1.46 bits per heavy atom. The third-order valence-electron chi connectivity index (χ3n) is 6.12. The lowest BCUT2D eigenvalue weighted by atomic mass is 9.75. The van der Waals surface area contributed by atoms with E-state index in [1.165, 1.54) is 11.3 Å². The first-order valence-electron chi connectivity index (χ1n) is 10.4. The summed E-state index contributed by atoms with van der Waals surface area (Å²) in [5, 5.41) is 0. The van der Waals surface area contributed by atoms with E-state index >= 15 is 0 Å². The van der Waals surface area contributed by atoms with Gasteiger partial charge in [0.25, 0.3) is 0 Å². The maximum Gasteiger partial charge on any atom is 0.210 e. The molecule has 0 radical (unpaired) electrons. The Morgan fingerprint density at radius 3 is 1.96 bits per heavy atom. The van der Waals surface area contributed by atoms with E-state index in [1.54, 1.807) is 0 Å². The minimum absolute atomic E-state index is 0.0402. The van der Waals surface area contributed by atoms with Crippen LogP contribution >= 0.6 is 0 Å². The fourth-order valence-corrected chi connectivity index (χ4v) is 5.32. The van der Waals surface area contributed by atoms with Crippen molar-refractivity contribution in [1.29, 1.82) is 0 Å². The molecule has 3 heteroatoms. The van der Waals surface area contributed by atoms with Gasteiger partial charge in [0.2, 0.25) is 6.41 Å². The summed E-state index contributed by atoms with van der Waals surface area (Å²) in [5.41, 5.74) is 2.45. The predicted molar refractivity (Wildman–Crippen MR) is 118 cm³/mol. The van der Waals surface area contributed by atoms with E-state index in [1.807, 2.05) is 6.07 Å². The molecular weight excluding hydrogens is 344 g/mol. The van der Waals surface area contributed by atoms with Gasteiger partial charge in [0.1, 0.15) is 0 Å². The maximum absolute atomic E-state index is 12.1. The number of piperidine rings is 1. The van der Waals surface area contributed by atoms with Crippen molar-refractivity contribution >= 4 is 12.1 Å². The minimum atomic E-state index is -0.0402. The molecule has 3 rings (SSSR count). The minimum Gasteiger partial charge on any atom is -0.361 e. The van der Waals surface area contributed by atoms with Crippen molar-refractivity contribution < 1.29 is 4.79 Å². The second kappa shape index (κ2) is 7.98. The molecule has 150 valence electrons. The number of nitrogens with zero attached hydrogens (tertiary/aromatic N) is 2. The first-order chi connectivity index (χ1) is 13.2. The van der Waals surface area contributed by atoms with Crippen LogP contribution in [0.4, 0.5) is 5.69 Å². The van der Waals surface area contributed by atoms with Gasteiger partial charge in [-0.15, -0.1) is 0 Å². The van der Waals surface area contributed by atoms with Crippen LogP contribution in [0, 0.1) is 0 Å². The SMILES string of the molecule is CC(Cc1ccccc1)N(C=O)C1CC(C)(C)N(c2ccccc2)C(C)(C)C1. The first kappa shape index (κ1) is 20.4. The summed E-state index contributed by atoms with van der Waals surface area (Å²) in [5.74, 6) is 0. The summed E-state index contributed by atoms with van der Waals surface area (Å²) in [6, 6.07) is 21.5. The van der Waals surface area contributed by atoms with E-state index in [-0.39, 0.29) is 23.2 Å². The first-order valence-corrected chi connectivity index (χ1v) is 10.4. The predicted octanol–water partition coefficient (Wildman–Crippen LogP) is 5.30. The zero-order valence-electron chi connectivity index (χ0n) is 17.9. The lowest BCUT2D eigenvalue weighted by Gasteiger charge is -2.58. The highest BCUT2D eigenvalue weighted by Crippen LogP contribution is 2.43. The van der Waals surface area contributed by atoms with E-state index in [9.17, 15) is 4.79 Å². The second-order valence-corrected chi connectivity index (χ2v) is 9.45. The Labute approximate surface area is 170 Å². The Bertz CT molecular complexity index is 752. The molecule has 2 aromatic rings. The lowest BCUT2D eigenvalue weighted by Crippen LogP contribution is -2.65. The molecule has 1 aliphatic rings. The molecular formula is C25H34N2O. The van der Waals surface area contributed by atoms with Crippen LogP contribution < -0.4 is 4.90 Å². The number of amides is 1. The molecule has 1 unspecified atom stereocenters. The van der Waals surface area contributed by atoms with Gasteiger partial charge in [0.05, 0.1) is 0 Å². The third-order valence-corrected chi connectivity index (χ3v) is 6.12. The Kier molecular flexibility index (Phi) is 5.83. The van der Waals surface area contributed by atoms with Crippen molar-refractivity contribution in [2.45, 2.75) is 77.0 Å². The normalized spacial score (nSPS) is 19.8. The summed E-state index contributed by atoms with van der Waals surface area (Å²) >= 11 is 0. The fourth-order valence-electron chi connectivity index (χ4n) is 5.32. The lowest BCUT2D eigenvalue weighted by molar-refractivity contribution is -0.123. The van der Waals surface area contributed by atoms with E-state index in [2.05, 4.69) is 99.0 Å². The van der Waals surface area contributed by atoms with Crippen molar-refractivity contribution in [3.63, 3.8) is 0 Å². The van der Waals surface area contributed by atoms with Crippen LogP contribution in [0.15, 0.2) is 60.7 Å². The largest absolute Gasteiger partial charge is 0.361 e. The van der Waals surface area contributed by atoms with Gasteiger partial charge in [0.15, 0.2) is 0 Å². The van der Waals surface area contributed by atoms with Crippen LogP contribution in [-0.2, 0) is 11.2 Å². The second-order valence-electron chi connectivity index (χ2n) is 9.45. The summed E-state index contributed by atoms with van der Waals surface area (Å²) in [6.45, 7) is 11.4. The van der Waals surface area contributed by atoms with Crippen LogP contribution in [0.1, 0.15) is 53.0 Å². The summed E-state index contributed by atoms with van der Waals surface area (Å²) in [7, 11) is 0. The van der Waals surface area contributed by atoms with Crippen molar-refractivity contribution in [1.82, 2.24) is 4.90 Å². The van der Waals surface area contributed by atoms with Crippen LogP contribution in [0.2, 0.25) is 0 Å². The van der Waals surface area contributed by atoms with Gasteiger partial charge in [-0.25, -0.2) is 0 Å². The third kappa shape index (κ3) is 4.24. The molecule has 0 bridgehead atoms. The molecule has 0 saturated carbocycles. The smallest absolute Gasteiger partial charge is 0.210 e. The highest BCUT2D eigenvalue weighted by Gasteiger charge is 2.47. The van der Waals surface area contributed by atoms with Crippen molar-refractivity contribution in [2.24, 2.45) is 0 Å². The highest BCUT2D eigenvalue weighted by molar-refractivity contribution is 5.54. The standard InChI is InChI=1S/C25H34N2O/c1-20(16-21-12-8-6-9-13-21)26(19-28)23-17-24(2,3)27(25(4,5)18-23)22-14-10-7-11-15-22/h6-15,19-20,23H,16-18H2,1-5H3. The fraction of sp³-hybridized carbons (Fsp3) is 0.480. The van der Waals surface area contributed by atoms with Crippen molar-refractivity contribution in [3.05, 3.63) is 66.2 Å². The Hall–Kier alpha value is -2.29. The molecule has 1 fully saturated rings. The summed E-state index contributed by atoms with van der Waals surface area (Å²) in [6.07, 6.45) is 3.88. The highest BCUT2D eigenvalue weighted by atomic mass is 16.1. The van der Waals surface area contributed by atoms with Crippen LogP contribution in [0.3, 0.4) is 0 Å². The molecule has 28 heavy (non-hydrogen) atoms. The van der Waals surface area contributed by atoms with Crippen LogP contribution in [-0.4, -0.2) is 34.5 Å². The molecule has 1 heterocycles. The topological polar surface area (TPSA) is 23.6 Å². The number of rotatable bonds is 6. The molecule has 0 aromatic heterocycles. The van der Waals surface area contributed by atoms with Crippen LogP contribution in [0.25, 0.3) is 0 Å². The maximum atomic E-state index is 12.1. The van der Waals surface area contributed by atoms with E-state index in [0.29, 0.717) is 0 Å². The number of para-hydroxylation sites is 1. The molecule has 1 saturated heterocycles. The molecule has 2 aromatic carbocycles. The Morgan fingerprint density at radius 1 is 0.964 bits per heavy atom. The average Bonchev–Trinajstić information content (AvgIpc) is 2.62. The summed E-state index contributed by atoms with van der Waals surface area (Å²) < 4.78 is 0. The van der Waals surface area contributed by atoms with Gasteiger partial charge in [-0.3, -0.25) is 4.79 Å². The molecule has 0 N–H and O–H groups in total. The van der Waals surface area contributed by atoms with Gasteiger partial charge >= 0.3 is 0 Å². The number of carbonyl (C=O) groups is 1. The monoisotopic (exact) mass is 378 g/mol. The van der Waals surface area contributed by atoms with E-state index in [0.717, 1.165) is 25.7 Å². The van der Waals surface area contributed by atoms with E-state index in [4.69, 9.17) is 0 Å². The van der Waals surface area contributed by atoms with Crippen molar-refractivity contribution in [3.8, 4) is 0 Å². The van der Waals surface area contributed by atoms with Crippen LogP contribution in [0.5, 0.6) is 0 Å². The zero-order chi connectivity index (χ0) is 20.4. The molecule has 3 nitrogen and oxygen atoms in total. The average molecular weight is 379 g/mol. The number of carbonyl (C=O) groups excluding carboxylic acids is 1. The Balaban J connectivity index is 1.82. The summed E-state index contributed by atoms with van der Waals surface area (Å²) in [4.78, 5) is 16.7. The number of anilines is 1. The molecule has 1 amide bonds. The van der Waals surface area contributed by atoms with Crippen molar-refractivity contribution in [2.75, 3.05) is 4.90 Å². The van der Waals surface area contributed by atoms with Gasteiger partial charge in [0, 0.05) is 28.8 Å². The van der Waals surface area contributed by atoms with E-state index < -0.39 is 0 Å². The van der Waals surface area contributed by atoms with Gasteiger partial charge in [-0.1, -0.05) is 48.5 Å². The van der Waals surface area contributed by atoms with Gasteiger partial charge in [-0.05, 0) is 71.6 Å². The molecule has 1 aliphatic heterocycles. The zero-order valence-corrected chi connectivity index (χ0v) is 17.9. The molecule has 0 spiro atoms. The quantitative estimate of drug-likeness (QED) is 0.637. The number of benzene rings is 2. The van der Waals surface area contributed by atoms with Gasteiger partial charge < -0.3 is 9.80 Å².